The maximum Gasteiger partial charge on any atom is 0.234 e. The fraction of sp³-hybridized carbons (Fsp3) is 0.318. The lowest BCUT2D eigenvalue weighted by atomic mass is 9.86. The van der Waals surface area contributed by atoms with E-state index in [0.717, 1.165) is 34.3 Å². The van der Waals surface area contributed by atoms with E-state index in [9.17, 15) is 4.79 Å². The quantitative estimate of drug-likeness (QED) is 0.598. The maximum atomic E-state index is 12.6. The number of anilines is 1. The van der Waals surface area contributed by atoms with Crippen molar-refractivity contribution in [3.05, 3.63) is 60.2 Å². The van der Waals surface area contributed by atoms with Crippen LogP contribution in [0.25, 0.3) is 11.4 Å². The first kappa shape index (κ1) is 20.1. The van der Waals surface area contributed by atoms with Gasteiger partial charge in [0, 0.05) is 17.8 Å². The summed E-state index contributed by atoms with van der Waals surface area (Å²) in [6.45, 7) is 9.22. The number of carbonyl (C=O) groups excluding carboxylic acids is 1. The summed E-state index contributed by atoms with van der Waals surface area (Å²) in [5.74, 6) is 1.06. The van der Waals surface area contributed by atoms with E-state index in [1.165, 1.54) is 11.8 Å². The molecule has 0 saturated heterocycles. The Bertz CT molecular complexity index is 945. The summed E-state index contributed by atoms with van der Waals surface area (Å²) in [5, 5.41) is 12.4. The maximum absolute atomic E-state index is 12.6. The van der Waals surface area contributed by atoms with Gasteiger partial charge in [0.15, 0.2) is 11.0 Å². The van der Waals surface area contributed by atoms with Crippen molar-refractivity contribution in [2.75, 3.05) is 11.1 Å². The largest absolute Gasteiger partial charge is 0.325 e. The van der Waals surface area contributed by atoms with Gasteiger partial charge in [0.05, 0.1) is 5.75 Å². The predicted octanol–water partition coefficient (Wildman–Crippen LogP) is 4.99. The van der Waals surface area contributed by atoms with Crippen molar-refractivity contribution < 1.29 is 4.79 Å². The summed E-state index contributed by atoms with van der Waals surface area (Å²) in [6.07, 6.45) is 0. The van der Waals surface area contributed by atoms with Crippen molar-refractivity contribution in [2.45, 2.75) is 44.8 Å². The highest BCUT2D eigenvalue weighted by molar-refractivity contribution is 7.99. The fourth-order valence-electron chi connectivity index (χ4n) is 3.04. The summed E-state index contributed by atoms with van der Waals surface area (Å²) in [7, 11) is 0. The molecule has 0 aliphatic carbocycles. The molecule has 146 valence electrons. The Morgan fingerprint density at radius 2 is 1.71 bits per heavy atom. The number of amides is 1. The molecule has 0 saturated carbocycles. The number of rotatable bonds is 6. The normalized spacial score (nSPS) is 11.4. The van der Waals surface area contributed by atoms with E-state index in [-0.39, 0.29) is 17.1 Å². The minimum absolute atomic E-state index is 0.0377. The first-order valence-corrected chi connectivity index (χ1v) is 10.4. The Morgan fingerprint density at radius 1 is 1.04 bits per heavy atom. The van der Waals surface area contributed by atoms with Crippen LogP contribution in [0.1, 0.15) is 33.3 Å². The minimum Gasteiger partial charge on any atom is -0.325 e. The number of nitrogens with zero attached hydrogens (tertiary/aromatic N) is 3. The van der Waals surface area contributed by atoms with E-state index in [2.05, 4.69) is 49.3 Å². The van der Waals surface area contributed by atoms with Crippen LogP contribution in [-0.4, -0.2) is 26.4 Å². The topological polar surface area (TPSA) is 59.8 Å². The molecule has 6 heteroatoms. The van der Waals surface area contributed by atoms with Crippen LogP contribution >= 0.6 is 11.8 Å². The molecule has 5 nitrogen and oxygen atoms in total. The average molecular weight is 395 g/mol. The molecule has 0 unspecified atom stereocenters. The zero-order chi connectivity index (χ0) is 20.1. The van der Waals surface area contributed by atoms with Crippen molar-refractivity contribution in [3.8, 4) is 11.4 Å². The van der Waals surface area contributed by atoms with Gasteiger partial charge in [-0.1, -0.05) is 81.1 Å². The molecule has 0 aliphatic rings. The third kappa shape index (κ3) is 4.62. The Labute approximate surface area is 170 Å². The number of nitrogens with one attached hydrogen (secondary N) is 1. The molecule has 1 heterocycles. The van der Waals surface area contributed by atoms with E-state index in [1.54, 1.807) is 0 Å². The summed E-state index contributed by atoms with van der Waals surface area (Å²) in [6, 6.07) is 17.9. The molecular weight excluding hydrogens is 368 g/mol. The van der Waals surface area contributed by atoms with Gasteiger partial charge in [0.2, 0.25) is 5.91 Å². The lowest BCUT2D eigenvalue weighted by Crippen LogP contribution is -2.20. The Hall–Kier alpha value is -2.60. The van der Waals surface area contributed by atoms with E-state index < -0.39 is 0 Å². The summed E-state index contributed by atoms with van der Waals surface area (Å²) in [4.78, 5) is 12.6. The van der Waals surface area contributed by atoms with Gasteiger partial charge in [0.1, 0.15) is 0 Å². The van der Waals surface area contributed by atoms with Crippen LogP contribution in [0, 0.1) is 0 Å². The third-order valence-electron chi connectivity index (χ3n) is 4.41. The van der Waals surface area contributed by atoms with Crippen LogP contribution in [0.2, 0.25) is 0 Å². The van der Waals surface area contributed by atoms with Crippen LogP contribution in [-0.2, 0) is 16.8 Å². The van der Waals surface area contributed by atoms with Gasteiger partial charge in [0.25, 0.3) is 0 Å². The Balaban J connectivity index is 1.70. The SMILES string of the molecule is CCn1c(SCC(=O)Nc2ccccc2C(C)(C)C)nnc1-c1ccccc1. The van der Waals surface area contributed by atoms with Crippen LogP contribution in [0.15, 0.2) is 59.8 Å². The van der Waals surface area contributed by atoms with Gasteiger partial charge >= 0.3 is 0 Å². The van der Waals surface area contributed by atoms with Crippen LogP contribution in [0.4, 0.5) is 5.69 Å². The molecule has 0 aliphatic heterocycles. The Morgan fingerprint density at radius 3 is 2.39 bits per heavy atom. The van der Waals surface area contributed by atoms with Gasteiger partial charge < -0.3 is 9.88 Å². The second-order valence-corrected chi connectivity index (χ2v) is 8.49. The lowest BCUT2D eigenvalue weighted by Gasteiger charge is -2.22. The molecule has 1 N–H and O–H groups in total. The van der Waals surface area contributed by atoms with Crippen molar-refractivity contribution in [2.24, 2.45) is 0 Å². The standard InChI is InChI=1S/C22H26N4OS/c1-5-26-20(16-11-7-6-8-12-16)24-25-21(26)28-15-19(27)23-18-14-10-9-13-17(18)22(2,3)4/h6-14H,5,15H2,1-4H3,(H,23,27). The summed E-state index contributed by atoms with van der Waals surface area (Å²) < 4.78 is 2.04. The smallest absolute Gasteiger partial charge is 0.234 e. The first-order valence-electron chi connectivity index (χ1n) is 9.41. The molecule has 0 radical (unpaired) electrons. The highest BCUT2D eigenvalue weighted by atomic mass is 32.2. The fourth-order valence-corrected chi connectivity index (χ4v) is 3.85. The van der Waals surface area contributed by atoms with E-state index >= 15 is 0 Å². The molecule has 3 rings (SSSR count). The second kappa shape index (κ2) is 8.61. The number of hydrogen-bond acceptors (Lipinski definition) is 4. The van der Waals surface area contributed by atoms with Gasteiger partial charge in [-0.2, -0.15) is 0 Å². The molecule has 2 aromatic carbocycles. The molecule has 0 atom stereocenters. The molecule has 3 aromatic rings. The zero-order valence-electron chi connectivity index (χ0n) is 16.8. The average Bonchev–Trinajstić information content (AvgIpc) is 3.09. The number of aromatic nitrogens is 3. The molecule has 0 fully saturated rings. The first-order chi connectivity index (χ1) is 13.4. The molecule has 0 bridgehead atoms. The second-order valence-electron chi connectivity index (χ2n) is 7.55. The minimum atomic E-state index is -0.0476. The highest BCUT2D eigenvalue weighted by Crippen LogP contribution is 2.29. The van der Waals surface area contributed by atoms with Crippen LogP contribution in [0.5, 0.6) is 0 Å². The van der Waals surface area contributed by atoms with Gasteiger partial charge in [-0.15, -0.1) is 10.2 Å². The van der Waals surface area contributed by atoms with Gasteiger partial charge in [-0.3, -0.25) is 4.79 Å². The molecular formula is C22H26N4OS. The number of carbonyl (C=O) groups is 1. The third-order valence-corrected chi connectivity index (χ3v) is 5.37. The highest BCUT2D eigenvalue weighted by Gasteiger charge is 2.19. The van der Waals surface area contributed by atoms with Crippen LogP contribution in [0.3, 0.4) is 0 Å². The monoisotopic (exact) mass is 394 g/mol. The van der Waals surface area contributed by atoms with Crippen molar-refractivity contribution in [1.29, 1.82) is 0 Å². The van der Waals surface area contributed by atoms with E-state index in [0.29, 0.717) is 0 Å². The zero-order valence-corrected chi connectivity index (χ0v) is 17.6. The van der Waals surface area contributed by atoms with Crippen LogP contribution < -0.4 is 5.32 Å². The molecule has 0 spiro atoms. The number of hydrogen-bond donors (Lipinski definition) is 1. The Kier molecular flexibility index (Phi) is 6.19. The van der Waals surface area contributed by atoms with Crippen molar-refractivity contribution in [1.82, 2.24) is 14.8 Å². The number of para-hydroxylation sites is 1. The predicted molar refractivity (Wildman–Crippen MR) is 116 cm³/mol. The number of benzene rings is 2. The van der Waals surface area contributed by atoms with Gasteiger partial charge in [-0.25, -0.2) is 0 Å². The summed E-state index contributed by atoms with van der Waals surface area (Å²) in [5.41, 5.74) is 2.97. The number of thioether (sulfide) groups is 1. The van der Waals surface area contributed by atoms with Crippen molar-refractivity contribution in [3.63, 3.8) is 0 Å². The molecule has 1 aromatic heterocycles. The van der Waals surface area contributed by atoms with Gasteiger partial charge in [-0.05, 0) is 24.0 Å². The summed E-state index contributed by atoms with van der Waals surface area (Å²) >= 11 is 1.41. The van der Waals surface area contributed by atoms with E-state index in [4.69, 9.17) is 0 Å². The lowest BCUT2D eigenvalue weighted by molar-refractivity contribution is -0.113. The van der Waals surface area contributed by atoms with Crippen molar-refractivity contribution >= 4 is 23.4 Å². The molecule has 1 amide bonds. The van der Waals surface area contributed by atoms with E-state index in [1.807, 2.05) is 53.1 Å². The molecule has 28 heavy (non-hydrogen) atoms.